The van der Waals surface area contributed by atoms with Gasteiger partial charge in [0.1, 0.15) is 5.82 Å². The number of hydrogen-bond acceptors (Lipinski definition) is 2. The highest BCUT2D eigenvalue weighted by Crippen LogP contribution is 2.32. The minimum atomic E-state index is -4.79. The van der Waals surface area contributed by atoms with Crippen LogP contribution in [0, 0.1) is 11.7 Å². The second kappa shape index (κ2) is 7.06. The van der Waals surface area contributed by atoms with Crippen LogP contribution in [-0.2, 0) is 11.0 Å². The van der Waals surface area contributed by atoms with Gasteiger partial charge < -0.3 is 15.5 Å². The Bertz CT molecular complexity index is 634. The van der Waals surface area contributed by atoms with Crippen LogP contribution < -0.4 is 10.6 Å². The van der Waals surface area contributed by atoms with Crippen molar-refractivity contribution in [1.82, 2.24) is 10.2 Å². The summed E-state index contributed by atoms with van der Waals surface area (Å²) in [6, 6.07) is 1.93. The Hall–Kier alpha value is -2.32. The van der Waals surface area contributed by atoms with Gasteiger partial charge in [-0.2, -0.15) is 13.2 Å². The normalized spacial score (nSPS) is 18.2. The Morgan fingerprint density at radius 2 is 2.00 bits per heavy atom. The second-order valence-electron chi connectivity index (χ2n) is 5.52. The van der Waals surface area contributed by atoms with Crippen LogP contribution in [0.25, 0.3) is 0 Å². The zero-order chi connectivity index (χ0) is 17.9. The van der Waals surface area contributed by atoms with Crippen LogP contribution in [0.3, 0.4) is 0 Å². The average molecular weight is 347 g/mol. The van der Waals surface area contributed by atoms with E-state index in [9.17, 15) is 27.2 Å². The first kappa shape index (κ1) is 18.0. The van der Waals surface area contributed by atoms with Crippen LogP contribution in [0.5, 0.6) is 0 Å². The number of halogens is 4. The van der Waals surface area contributed by atoms with E-state index in [0.29, 0.717) is 31.5 Å². The van der Waals surface area contributed by atoms with Gasteiger partial charge in [-0.1, -0.05) is 0 Å². The van der Waals surface area contributed by atoms with E-state index in [4.69, 9.17) is 0 Å². The maximum Gasteiger partial charge on any atom is 0.419 e. The summed E-state index contributed by atoms with van der Waals surface area (Å²) in [5.41, 5.74) is -1.44. The average Bonchev–Trinajstić information content (AvgIpc) is 2.53. The number of carbonyl (C=O) groups excluding carboxylic acids is 2. The van der Waals surface area contributed by atoms with E-state index in [0.717, 1.165) is 6.07 Å². The molecule has 1 saturated heterocycles. The predicted molar refractivity (Wildman–Crippen MR) is 78.8 cm³/mol. The first-order valence-electron chi connectivity index (χ1n) is 7.36. The fourth-order valence-electron chi connectivity index (χ4n) is 2.60. The molecule has 1 aromatic carbocycles. The predicted octanol–water partition coefficient (Wildman–Crippen LogP) is 2.83. The molecule has 2 rings (SSSR count). The lowest BCUT2D eigenvalue weighted by Gasteiger charge is -2.31. The molecule has 0 aliphatic carbocycles. The third-order valence-electron chi connectivity index (χ3n) is 3.84. The number of amides is 3. The first-order valence-corrected chi connectivity index (χ1v) is 7.36. The number of anilines is 1. The van der Waals surface area contributed by atoms with Gasteiger partial charge in [0.2, 0.25) is 5.91 Å². The van der Waals surface area contributed by atoms with Crippen molar-refractivity contribution < 1.29 is 27.2 Å². The quantitative estimate of drug-likeness (QED) is 0.808. The number of benzene rings is 1. The minimum Gasteiger partial charge on any atom is -0.341 e. The van der Waals surface area contributed by atoms with Crippen molar-refractivity contribution in [2.24, 2.45) is 5.92 Å². The number of piperidine rings is 1. The molecule has 132 valence electrons. The van der Waals surface area contributed by atoms with Crippen LogP contribution >= 0.6 is 0 Å². The van der Waals surface area contributed by atoms with Gasteiger partial charge >= 0.3 is 12.2 Å². The Kier molecular flexibility index (Phi) is 5.30. The molecule has 5 nitrogen and oxygen atoms in total. The standard InChI is InChI=1S/C15H17F4N3O2/c1-20-14(24)22-6-2-3-9(8-22)13(23)21-10-4-5-11(12(16)7-10)15(17,18)19/h4-5,7,9H,2-3,6,8H2,1H3,(H,20,24)(H,21,23). The van der Waals surface area contributed by atoms with Gasteiger partial charge in [0, 0.05) is 25.8 Å². The third kappa shape index (κ3) is 4.15. The molecule has 9 heteroatoms. The maximum atomic E-state index is 13.5. The molecule has 3 amide bonds. The number of nitrogens with zero attached hydrogens (tertiary/aromatic N) is 1. The van der Waals surface area contributed by atoms with E-state index in [-0.39, 0.29) is 18.3 Å². The molecule has 1 atom stereocenters. The number of urea groups is 1. The molecular formula is C15H17F4N3O2. The number of carbonyl (C=O) groups is 2. The zero-order valence-electron chi connectivity index (χ0n) is 12.9. The van der Waals surface area contributed by atoms with Gasteiger partial charge in [0.05, 0.1) is 11.5 Å². The summed E-state index contributed by atoms with van der Waals surface area (Å²) < 4.78 is 51.1. The van der Waals surface area contributed by atoms with Crippen molar-refractivity contribution in [2.75, 3.05) is 25.5 Å². The molecule has 0 radical (unpaired) electrons. The van der Waals surface area contributed by atoms with Crippen LogP contribution in [0.1, 0.15) is 18.4 Å². The smallest absolute Gasteiger partial charge is 0.341 e. The van der Waals surface area contributed by atoms with E-state index >= 15 is 0 Å². The Balaban J connectivity index is 2.04. The van der Waals surface area contributed by atoms with E-state index in [1.807, 2.05) is 0 Å². The molecule has 0 spiro atoms. The highest BCUT2D eigenvalue weighted by molar-refractivity contribution is 5.93. The van der Waals surface area contributed by atoms with Crippen LogP contribution in [0.15, 0.2) is 18.2 Å². The number of likely N-dealkylation sites (tertiary alicyclic amines) is 1. The number of nitrogens with one attached hydrogen (secondary N) is 2. The molecule has 1 fully saturated rings. The molecule has 24 heavy (non-hydrogen) atoms. The topological polar surface area (TPSA) is 61.4 Å². The molecule has 1 aromatic rings. The van der Waals surface area contributed by atoms with Crippen molar-refractivity contribution in [2.45, 2.75) is 19.0 Å². The van der Waals surface area contributed by atoms with Gasteiger partial charge in [-0.05, 0) is 31.0 Å². The van der Waals surface area contributed by atoms with Crippen molar-refractivity contribution in [1.29, 1.82) is 0 Å². The second-order valence-corrected chi connectivity index (χ2v) is 5.52. The van der Waals surface area contributed by atoms with E-state index < -0.39 is 29.4 Å². The monoisotopic (exact) mass is 347 g/mol. The molecule has 1 heterocycles. The lowest BCUT2D eigenvalue weighted by Crippen LogP contribution is -2.47. The molecule has 0 saturated carbocycles. The van der Waals surface area contributed by atoms with E-state index in [1.165, 1.54) is 11.9 Å². The summed E-state index contributed by atoms with van der Waals surface area (Å²) in [6.45, 7) is 0.729. The van der Waals surface area contributed by atoms with Gasteiger partial charge in [0.15, 0.2) is 0 Å². The lowest BCUT2D eigenvalue weighted by molar-refractivity contribution is -0.140. The zero-order valence-corrected chi connectivity index (χ0v) is 12.9. The van der Waals surface area contributed by atoms with Crippen molar-refractivity contribution >= 4 is 17.6 Å². The summed E-state index contributed by atoms with van der Waals surface area (Å²) in [7, 11) is 1.48. The molecule has 1 aliphatic rings. The molecule has 1 aliphatic heterocycles. The van der Waals surface area contributed by atoms with Gasteiger partial charge in [-0.25, -0.2) is 9.18 Å². The molecule has 0 aromatic heterocycles. The van der Waals surface area contributed by atoms with Crippen LogP contribution in [0.4, 0.5) is 28.0 Å². The SMILES string of the molecule is CNC(=O)N1CCCC(C(=O)Nc2ccc(C(F)(F)F)c(F)c2)C1. The summed E-state index contributed by atoms with van der Waals surface area (Å²) in [5.74, 6) is -2.40. The molecule has 1 unspecified atom stereocenters. The molecular weight excluding hydrogens is 330 g/mol. The van der Waals surface area contributed by atoms with Gasteiger partial charge in [-0.15, -0.1) is 0 Å². The summed E-state index contributed by atoms with van der Waals surface area (Å²) in [4.78, 5) is 25.3. The Labute approximate surface area is 136 Å². The number of alkyl halides is 3. The summed E-state index contributed by atoms with van der Waals surface area (Å²) in [5, 5.41) is 4.87. The highest BCUT2D eigenvalue weighted by Gasteiger charge is 2.34. The van der Waals surface area contributed by atoms with Crippen molar-refractivity contribution in [3.8, 4) is 0 Å². The largest absolute Gasteiger partial charge is 0.419 e. The number of rotatable bonds is 2. The Morgan fingerprint density at radius 3 is 2.58 bits per heavy atom. The third-order valence-corrected chi connectivity index (χ3v) is 3.84. The van der Waals surface area contributed by atoms with Gasteiger partial charge in [-0.3, -0.25) is 4.79 Å². The van der Waals surface area contributed by atoms with E-state index in [2.05, 4.69) is 10.6 Å². The van der Waals surface area contributed by atoms with Crippen LogP contribution in [-0.4, -0.2) is 37.0 Å². The summed E-state index contributed by atoms with van der Waals surface area (Å²) >= 11 is 0. The molecule has 0 bridgehead atoms. The Morgan fingerprint density at radius 1 is 1.29 bits per heavy atom. The first-order chi connectivity index (χ1) is 11.2. The highest BCUT2D eigenvalue weighted by atomic mass is 19.4. The van der Waals surface area contributed by atoms with Crippen molar-refractivity contribution in [3.63, 3.8) is 0 Å². The maximum absolute atomic E-state index is 13.5. The van der Waals surface area contributed by atoms with Crippen molar-refractivity contribution in [3.05, 3.63) is 29.6 Å². The summed E-state index contributed by atoms with van der Waals surface area (Å²) in [6.07, 6.45) is -3.61. The lowest BCUT2D eigenvalue weighted by atomic mass is 9.97. The van der Waals surface area contributed by atoms with E-state index in [1.54, 1.807) is 0 Å². The van der Waals surface area contributed by atoms with Crippen LogP contribution in [0.2, 0.25) is 0 Å². The fourth-order valence-corrected chi connectivity index (χ4v) is 2.60. The minimum absolute atomic E-state index is 0.0532. The number of hydrogen-bond donors (Lipinski definition) is 2. The fraction of sp³-hybridized carbons (Fsp3) is 0.467. The molecule has 2 N–H and O–H groups in total. The van der Waals surface area contributed by atoms with Gasteiger partial charge in [0.25, 0.3) is 0 Å².